The molecule has 0 saturated carbocycles. The zero-order valence-electron chi connectivity index (χ0n) is 18.5. The topological polar surface area (TPSA) is 69.7 Å². The maximum atomic E-state index is 12.6. The second-order valence-corrected chi connectivity index (χ2v) is 7.32. The fraction of sp³-hybridized carbons (Fsp3) is 0.231. The first-order valence-corrected chi connectivity index (χ1v) is 10.6. The first-order valence-electron chi connectivity index (χ1n) is 10.6. The van der Waals surface area contributed by atoms with Crippen LogP contribution in [0.25, 0.3) is 21.7 Å². The van der Waals surface area contributed by atoms with Crippen molar-refractivity contribution in [3.8, 4) is 11.5 Å². The van der Waals surface area contributed by atoms with Crippen molar-refractivity contribution >= 4 is 33.3 Å². The van der Waals surface area contributed by atoms with Gasteiger partial charge in [0, 0.05) is 23.5 Å². The average Bonchev–Trinajstić information content (AvgIpc) is 2.83. The molecule has 6 heteroatoms. The van der Waals surface area contributed by atoms with E-state index in [1.54, 1.807) is 27.3 Å². The lowest BCUT2D eigenvalue weighted by Crippen LogP contribution is -2.13. The fourth-order valence-corrected chi connectivity index (χ4v) is 3.86. The first-order chi connectivity index (χ1) is 15.7. The number of hydrogen-bond acceptors (Lipinski definition) is 6. The Kier molecular flexibility index (Phi) is 6.40. The molecule has 4 aromatic rings. The smallest absolute Gasteiger partial charge is 0.341 e. The van der Waals surface area contributed by atoms with E-state index in [9.17, 15) is 4.79 Å². The van der Waals surface area contributed by atoms with Gasteiger partial charge in [0.2, 0.25) is 0 Å². The van der Waals surface area contributed by atoms with Crippen LogP contribution in [0.2, 0.25) is 0 Å². The van der Waals surface area contributed by atoms with Crippen LogP contribution in [-0.2, 0) is 11.2 Å². The van der Waals surface area contributed by atoms with E-state index >= 15 is 0 Å². The van der Waals surface area contributed by atoms with Crippen LogP contribution in [0.4, 0.5) is 5.69 Å². The predicted octanol–water partition coefficient (Wildman–Crippen LogP) is 5.24. The summed E-state index contributed by atoms with van der Waals surface area (Å²) in [6.07, 6.45) is 2.34. The number of nitrogens with zero attached hydrogens (tertiary/aromatic N) is 1. The molecule has 4 rings (SSSR count). The number of rotatable bonds is 8. The van der Waals surface area contributed by atoms with Crippen molar-refractivity contribution in [1.29, 1.82) is 0 Å². The van der Waals surface area contributed by atoms with Crippen molar-refractivity contribution in [3.05, 3.63) is 71.9 Å². The molecule has 1 heterocycles. The van der Waals surface area contributed by atoms with Crippen LogP contribution in [0.15, 0.2) is 60.8 Å². The standard InChI is InChI=1S/C26H26N2O4/c1-4-32-26(29)21-16-28-24-19-8-6-5-7-18(19)10-11-20(24)25(21)27-14-13-17-9-12-22(30-2)23(15-17)31-3/h5-12,15-16H,4,13-14H2,1-3H3,(H,27,28). The molecular formula is C26H26N2O4. The van der Waals surface area contributed by atoms with Gasteiger partial charge in [-0.25, -0.2) is 4.79 Å². The Labute approximate surface area is 187 Å². The first kappa shape index (κ1) is 21.4. The number of benzene rings is 3. The molecule has 0 spiro atoms. The van der Waals surface area contributed by atoms with Gasteiger partial charge in [-0.2, -0.15) is 0 Å². The molecule has 0 aliphatic rings. The Balaban J connectivity index is 1.68. The minimum Gasteiger partial charge on any atom is -0.493 e. The maximum absolute atomic E-state index is 12.6. The molecule has 164 valence electrons. The number of pyridine rings is 1. The highest BCUT2D eigenvalue weighted by Crippen LogP contribution is 2.32. The van der Waals surface area contributed by atoms with Crippen molar-refractivity contribution in [2.24, 2.45) is 0 Å². The maximum Gasteiger partial charge on any atom is 0.341 e. The van der Waals surface area contributed by atoms with Gasteiger partial charge in [-0.1, -0.05) is 42.5 Å². The number of aromatic nitrogens is 1. The van der Waals surface area contributed by atoms with Crippen LogP contribution in [0.5, 0.6) is 11.5 Å². The van der Waals surface area contributed by atoms with Gasteiger partial charge in [-0.3, -0.25) is 4.98 Å². The molecular weight excluding hydrogens is 404 g/mol. The highest BCUT2D eigenvalue weighted by atomic mass is 16.5. The van der Waals surface area contributed by atoms with Crippen molar-refractivity contribution in [2.75, 3.05) is 32.7 Å². The van der Waals surface area contributed by atoms with Crippen LogP contribution >= 0.6 is 0 Å². The van der Waals surface area contributed by atoms with Gasteiger partial charge in [0.15, 0.2) is 11.5 Å². The SMILES string of the molecule is CCOC(=O)c1cnc2c(ccc3ccccc32)c1NCCc1ccc(OC)c(OC)c1. The summed E-state index contributed by atoms with van der Waals surface area (Å²) < 4.78 is 16.0. The lowest BCUT2D eigenvalue weighted by atomic mass is 10.0. The Morgan fingerprint density at radius 2 is 1.78 bits per heavy atom. The van der Waals surface area contributed by atoms with Gasteiger partial charge >= 0.3 is 5.97 Å². The third-order valence-corrected chi connectivity index (χ3v) is 5.42. The van der Waals surface area contributed by atoms with Crippen molar-refractivity contribution in [3.63, 3.8) is 0 Å². The van der Waals surface area contributed by atoms with Gasteiger partial charge in [0.05, 0.1) is 32.0 Å². The van der Waals surface area contributed by atoms with E-state index in [0.29, 0.717) is 30.2 Å². The van der Waals surface area contributed by atoms with E-state index < -0.39 is 0 Å². The Morgan fingerprint density at radius 3 is 2.56 bits per heavy atom. The molecule has 0 amide bonds. The number of fused-ring (bicyclic) bond motifs is 3. The normalized spacial score (nSPS) is 10.8. The monoisotopic (exact) mass is 430 g/mol. The number of esters is 1. The molecule has 0 radical (unpaired) electrons. The number of anilines is 1. The van der Waals surface area contributed by atoms with Crippen molar-refractivity contribution < 1.29 is 19.0 Å². The van der Waals surface area contributed by atoms with Crippen LogP contribution in [0, 0.1) is 0 Å². The summed E-state index contributed by atoms with van der Waals surface area (Å²) in [6, 6.07) is 18.0. The summed E-state index contributed by atoms with van der Waals surface area (Å²) in [5, 5.41) is 6.50. The van der Waals surface area contributed by atoms with Gasteiger partial charge in [0.25, 0.3) is 0 Å². The molecule has 1 N–H and O–H groups in total. The Bertz CT molecular complexity index is 1270. The molecule has 1 aromatic heterocycles. The van der Waals surface area contributed by atoms with E-state index in [4.69, 9.17) is 14.2 Å². The minimum atomic E-state index is -0.385. The fourth-order valence-electron chi connectivity index (χ4n) is 3.86. The molecule has 0 bridgehead atoms. The predicted molar refractivity (Wildman–Crippen MR) is 127 cm³/mol. The number of hydrogen-bond donors (Lipinski definition) is 1. The van der Waals surface area contributed by atoms with Crippen LogP contribution in [0.1, 0.15) is 22.8 Å². The third-order valence-electron chi connectivity index (χ3n) is 5.42. The van der Waals surface area contributed by atoms with Crippen LogP contribution < -0.4 is 14.8 Å². The van der Waals surface area contributed by atoms with Gasteiger partial charge in [0.1, 0.15) is 5.56 Å². The number of nitrogens with one attached hydrogen (secondary N) is 1. The van der Waals surface area contributed by atoms with Crippen molar-refractivity contribution in [1.82, 2.24) is 4.98 Å². The number of methoxy groups -OCH3 is 2. The molecule has 32 heavy (non-hydrogen) atoms. The number of carbonyl (C=O) groups excluding carboxylic acids is 1. The Morgan fingerprint density at radius 1 is 0.969 bits per heavy atom. The molecule has 0 saturated heterocycles. The zero-order valence-corrected chi connectivity index (χ0v) is 18.5. The van der Waals surface area contributed by atoms with Crippen LogP contribution in [-0.4, -0.2) is 38.3 Å². The quantitative estimate of drug-likeness (QED) is 0.305. The van der Waals surface area contributed by atoms with Gasteiger partial charge < -0.3 is 19.5 Å². The van der Waals surface area contributed by atoms with Crippen LogP contribution in [0.3, 0.4) is 0 Å². The summed E-state index contributed by atoms with van der Waals surface area (Å²) in [4.78, 5) is 17.2. The van der Waals surface area contributed by atoms with E-state index in [-0.39, 0.29) is 5.97 Å². The highest BCUT2D eigenvalue weighted by Gasteiger charge is 2.17. The molecule has 3 aromatic carbocycles. The Hall–Kier alpha value is -3.80. The molecule has 0 atom stereocenters. The second kappa shape index (κ2) is 9.56. The summed E-state index contributed by atoms with van der Waals surface area (Å²) in [6.45, 7) is 2.72. The van der Waals surface area contributed by atoms with E-state index in [1.807, 2.05) is 48.5 Å². The molecule has 0 fully saturated rings. The minimum absolute atomic E-state index is 0.305. The number of ether oxygens (including phenoxy) is 3. The molecule has 0 unspecified atom stereocenters. The van der Waals surface area contributed by atoms with Gasteiger partial charge in [-0.15, -0.1) is 0 Å². The zero-order chi connectivity index (χ0) is 22.5. The lowest BCUT2D eigenvalue weighted by Gasteiger charge is -2.15. The lowest BCUT2D eigenvalue weighted by molar-refractivity contribution is 0.0527. The third kappa shape index (κ3) is 4.17. The van der Waals surface area contributed by atoms with Gasteiger partial charge in [-0.05, 0) is 36.4 Å². The second-order valence-electron chi connectivity index (χ2n) is 7.32. The van der Waals surface area contributed by atoms with E-state index in [2.05, 4.69) is 16.4 Å². The van der Waals surface area contributed by atoms with E-state index in [1.165, 1.54) is 0 Å². The summed E-state index contributed by atoms with van der Waals surface area (Å²) in [7, 11) is 3.24. The largest absolute Gasteiger partial charge is 0.493 e. The molecule has 0 aliphatic carbocycles. The average molecular weight is 431 g/mol. The van der Waals surface area contributed by atoms with E-state index in [0.717, 1.165) is 39.3 Å². The molecule has 0 aliphatic heterocycles. The summed E-state index contributed by atoms with van der Waals surface area (Å²) >= 11 is 0. The number of carbonyl (C=O) groups is 1. The summed E-state index contributed by atoms with van der Waals surface area (Å²) in [5.41, 5.74) is 3.11. The molecule has 6 nitrogen and oxygen atoms in total. The van der Waals surface area contributed by atoms with Crippen molar-refractivity contribution in [2.45, 2.75) is 13.3 Å². The summed E-state index contributed by atoms with van der Waals surface area (Å²) in [5.74, 6) is 1.00. The highest BCUT2D eigenvalue weighted by molar-refractivity contribution is 6.13.